The maximum atomic E-state index is 3.72. The molecule has 2 unspecified atom stereocenters. The van der Waals surface area contributed by atoms with E-state index in [-0.39, 0.29) is 0 Å². The maximum Gasteiger partial charge on any atom is 0.0226 e. The van der Waals surface area contributed by atoms with Crippen LogP contribution in [0, 0.1) is 5.92 Å². The normalized spacial score (nSPS) is 27.0. The molecule has 17 heavy (non-hydrogen) atoms. The average Bonchev–Trinajstić information content (AvgIpc) is 2.32. The molecule has 1 rings (SSSR count). The van der Waals surface area contributed by atoms with E-state index in [1.54, 1.807) is 0 Å². The second-order valence-electron chi connectivity index (χ2n) is 5.96. The molecule has 1 saturated heterocycles. The number of nitrogens with zero attached hydrogens (tertiary/aromatic N) is 1. The maximum absolute atomic E-state index is 3.72. The van der Waals surface area contributed by atoms with Crippen LogP contribution in [-0.2, 0) is 0 Å². The molecule has 0 aromatic carbocycles. The molecule has 1 aliphatic heterocycles. The molecule has 2 heteroatoms. The third-order valence-electron chi connectivity index (χ3n) is 4.19. The summed E-state index contributed by atoms with van der Waals surface area (Å²) in [6.45, 7) is 14.1. The highest BCUT2D eigenvalue weighted by atomic mass is 15.3. The molecule has 0 saturated carbocycles. The number of hydrogen-bond donors (Lipinski definition) is 1. The molecule has 1 aliphatic rings. The van der Waals surface area contributed by atoms with Gasteiger partial charge in [0.15, 0.2) is 0 Å². The van der Waals surface area contributed by atoms with Crippen LogP contribution in [0.5, 0.6) is 0 Å². The van der Waals surface area contributed by atoms with E-state index < -0.39 is 0 Å². The first-order valence-electron chi connectivity index (χ1n) is 7.61. The first-order valence-corrected chi connectivity index (χ1v) is 7.61. The minimum atomic E-state index is 0.707. The van der Waals surface area contributed by atoms with E-state index >= 15 is 0 Å². The number of rotatable bonds is 6. The van der Waals surface area contributed by atoms with E-state index in [4.69, 9.17) is 0 Å². The Morgan fingerprint density at radius 1 is 1.18 bits per heavy atom. The minimum Gasteiger partial charge on any atom is -0.311 e. The first kappa shape index (κ1) is 15.0. The Morgan fingerprint density at radius 2 is 1.82 bits per heavy atom. The molecule has 1 fully saturated rings. The molecule has 1 heterocycles. The van der Waals surface area contributed by atoms with Gasteiger partial charge in [0.1, 0.15) is 0 Å². The fraction of sp³-hybridized carbons (Fsp3) is 1.00. The van der Waals surface area contributed by atoms with Crippen molar-refractivity contribution in [3.63, 3.8) is 0 Å². The highest BCUT2D eigenvalue weighted by Crippen LogP contribution is 2.21. The molecule has 0 aromatic heterocycles. The number of nitrogens with one attached hydrogen (secondary N) is 1. The Kier molecular flexibility index (Phi) is 6.50. The van der Waals surface area contributed by atoms with Crippen molar-refractivity contribution in [3.8, 4) is 0 Å². The summed E-state index contributed by atoms with van der Waals surface area (Å²) < 4.78 is 0. The summed E-state index contributed by atoms with van der Waals surface area (Å²) in [6.07, 6.45) is 5.17. The summed E-state index contributed by atoms with van der Waals surface area (Å²) in [5.74, 6) is 0.803. The second kappa shape index (κ2) is 7.38. The summed E-state index contributed by atoms with van der Waals surface area (Å²) in [5, 5.41) is 3.72. The van der Waals surface area contributed by atoms with E-state index in [2.05, 4.69) is 44.8 Å². The van der Waals surface area contributed by atoms with Gasteiger partial charge in [0, 0.05) is 31.2 Å². The molecule has 0 spiro atoms. The molecule has 0 bridgehead atoms. The molecule has 1 N–H and O–H groups in total. The van der Waals surface area contributed by atoms with Crippen LogP contribution in [0.4, 0.5) is 0 Å². The van der Waals surface area contributed by atoms with Crippen LogP contribution in [0.3, 0.4) is 0 Å². The Labute approximate surface area is 108 Å². The lowest BCUT2D eigenvalue weighted by atomic mass is 9.95. The fourth-order valence-corrected chi connectivity index (χ4v) is 3.13. The molecule has 102 valence electrons. The van der Waals surface area contributed by atoms with Gasteiger partial charge in [-0.3, -0.25) is 4.90 Å². The largest absolute Gasteiger partial charge is 0.311 e. The predicted octanol–water partition coefficient (Wildman–Crippen LogP) is 3.27. The third-order valence-corrected chi connectivity index (χ3v) is 4.19. The number of hydrogen-bond acceptors (Lipinski definition) is 2. The van der Waals surface area contributed by atoms with Crippen molar-refractivity contribution < 1.29 is 0 Å². The molecular formula is C15H32N2. The van der Waals surface area contributed by atoms with Gasteiger partial charge in [-0.1, -0.05) is 34.6 Å². The van der Waals surface area contributed by atoms with E-state index in [0.29, 0.717) is 6.04 Å². The summed E-state index contributed by atoms with van der Waals surface area (Å²) >= 11 is 0. The van der Waals surface area contributed by atoms with Crippen LogP contribution in [0.2, 0.25) is 0 Å². The highest BCUT2D eigenvalue weighted by molar-refractivity contribution is 4.89. The Bertz CT molecular complexity index is 199. The summed E-state index contributed by atoms with van der Waals surface area (Å²) in [7, 11) is 0. The predicted molar refractivity (Wildman–Crippen MR) is 76.4 cm³/mol. The zero-order valence-corrected chi connectivity index (χ0v) is 12.5. The SMILES string of the molecule is CCC1CN(C(CC)CC)C(CC(C)C)CN1. The van der Waals surface area contributed by atoms with E-state index in [1.807, 2.05) is 0 Å². The van der Waals surface area contributed by atoms with Gasteiger partial charge >= 0.3 is 0 Å². The minimum absolute atomic E-state index is 0.707. The fourth-order valence-electron chi connectivity index (χ4n) is 3.13. The summed E-state index contributed by atoms with van der Waals surface area (Å²) in [4.78, 5) is 2.80. The zero-order valence-electron chi connectivity index (χ0n) is 12.5. The first-order chi connectivity index (χ1) is 8.12. The van der Waals surface area contributed by atoms with Crippen LogP contribution in [0.1, 0.15) is 60.3 Å². The Morgan fingerprint density at radius 3 is 2.29 bits per heavy atom. The highest BCUT2D eigenvalue weighted by Gasteiger charge is 2.30. The molecule has 2 atom stereocenters. The van der Waals surface area contributed by atoms with Gasteiger partial charge in [0.25, 0.3) is 0 Å². The lowest BCUT2D eigenvalue weighted by Gasteiger charge is -2.45. The van der Waals surface area contributed by atoms with E-state index in [9.17, 15) is 0 Å². The van der Waals surface area contributed by atoms with Gasteiger partial charge in [-0.15, -0.1) is 0 Å². The van der Waals surface area contributed by atoms with E-state index in [0.717, 1.165) is 18.0 Å². The average molecular weight is 240 g/mol. The smallest absolute Gasteiger partial charge is 0.0226 e. The van der Waals surface area contributed by atoms with Crippen LogP contribution in [0.15, 0.2) is 0 Å². The van der Waals surface area contributed by atoms with Crippen LogP contribution >= 0.6 is 0 Å². The topological polar surface area (TPSA) is 15.3 Å². The monoisotopic (exact) mass is 240 g/mol. The third kappa shape index (κ3) is 4.26. The molecule has 0 aromatic rings. The summed E-state index contributed by atoms with van der Waals surface area (Å²) in [6, 6.07) is 2.25. The van der Waals surface area contributed by atoms with Crippen molar-refractivity contribution in [1.29, 1.82) is 0 Å². The van der Waals surface area contributed by atoms with Gasteiger partial charge in [0.05, 0.1) is 0 Å². The van der Waals surface area contributed by atoms with Crippen molar-refractivity contribution in [1.82, 2.24) is 10.2 Å². The van der Waals surface area contributed by atoms with Gasteiger partial charge in [-0.25, -0.2) is 0 Å². The molecule has 0 amide bonds. The van der Waals surface area contributed by atoms with Crippen molar-refractivity contribution >= 4 is 0 Å². The molecule has 0 aliphatic carbocycles. The quantitative estimate of drug-likeness (QED) is 0.766. The van der Waals surface area contributed by atoms with Crippen LogP contribution < -0.4 is 5.32 Å². The molecular weight excluding hydrogens is 208 g/mol. The lowest BCUT2D eigenvalue weighted by Crippen LogP contribution is -2.59. The van der Waals surface area contributed by atoms with Crippen LogP contribution in [-0.4, -0.2) is 36.1 Å². The van der Waals surface area contributed by atoms with Crippen molar-refractivity contribution in [3.05, 3.63) is 0 Å². The van der Waals surface area contributed by atoms with Gasteiger partial charge < -0.3 is 5.32 Å². The van der Waals surface area contributed by atoms with Crippen molar-refractivity contribution in [2.45, 2.75) is 78.4 Å². The van der Waals surface area contributed by atoms with Crippen LogP contribution in [0.25, 0.3) is 0 Å². The second-order valence-corrected chi connectivity index (χ2v) is 5.96. The van der Waals surface area contributed by atoms with Gasteiger partial charge in [-0.2, -0.15) is 0 Å². The Balaban J connectivity index is 2.66. The van der Waals surface area contributed by atoms with E-state index in [1.165, 1.54) is 38.8 Å². The van der Waals surface area contributed by atoms with Gasteiger partial charge in [0.2, 0.25) is 0 Å². The van der Waals surface area contributed by atoms with Gasteiger partial charge in [-0.05, 0) is 31.6 Å². The number of piperazine rings is 1. The lowest BCUT2D eigenvalue weighted by molar-refractivity contribution is 0.0639. The standard InChI is InChI=1S/C15H32N2/c1-6-13-11-17(14(7-2)8-3)15(10-16-13)9-12(4)5/h12-16H,6-11H2,1-5H3. The molecule has 0 radical (unpaired) electrons. The molecule has 2 nitrogen and oxygen atoms in total. The Hall–Kier alpha value is -0.0800. The summed E-state index contributed by atoms with van der Waals surface area (Å²) in [5.41, 5.74) is 0. The van der Waals surface area contributed by atoms with Crippen molar-refractivity contribution in [2.24, 2.45) is 5.92 Å². The van der Waals surface area contributed by atoms with Crippen molar-refractivity contribution in [2.75, 3.05) is 13.1 Å². The zero-order chi connectivity index (χ0) is 12.8.